The lowest BCUT2D eigenvalue weighted by molar-refractivity contribution is -0.120. The molecule has 1 amide bonds. The number of hydrogen-bond acceptors (Lipinski definition) is 6. The second-order valence-corrected chi connectivity index (χ2v) is 3.41. The number of primary amides is 1. The van der Waals surface area contributed by atoms with Crippen molar-refractivity contribution in [1.82, 2.24) is 9.97 Å². The van der Waals surface area contributed by atoms with E-state index in [-0.39, 0.29) is 23.7 Å². The molecule has 0 spiro atoms. The zero-order valence-corrected chi connectivity index (χ0v) is 8.05. The minimum atomic E-state index is -0.364. The van der Waals surface area contributed by atoms with Crippen molar-refractivity contribution >= 4 is 23.5 Å². The molecule has 1 aromatic heterocycles. The summed E-state index contributed by atoms with van der Waals surface area (Å²) in [6.07, 6.45) is 0.735. The lowest BCUT2D eigenvalue weighted by Crippen LogP contribution is -2.55. The Balaban J connectivity index is 2.26. The van der Waals surface area contributed by atoms with Gasteiger partial charge in [0.2, 0.25) is 11.9 Å². The molecule has 0 saturated carbocycles. The Hall–Kier alpha value is -2.05. The highest BCUT2D eigenvalue weighted by Crippen LogP contribution is 2.25. The number of amides is 1. The first-order chi connectivity index (χ1) is 7.08. The van der Waals surface area contributed by atoms with Crippen molar-refractivity contribution in [1.29, 1.82) is 0 Å². The molecule has 80 valence electrons. The Kier molecular flexibility index (Phi) is 2.07. The average Bonchev–Trinajstić information content (AvgIpc) is 1.97. The van der Waals surface area contributed by atoms with Crippen LogP contribution in [0, 0.1) is 0 Å². The van der Waals surface area contributed by atoms with Gasteiger partial charge in [-0.15, -0.1) is 0 Å². The second kappa shape index (κ2) is 3.26. The van der Waals surface area contributed by atoms with Gasteiger partial charge < -0.3 is 22.1 Å². The van der Waals surface area contributed by atoms with Crippen LogP contribution in [0.2, 0.25) is 0 Å². The van der Waals surface area contributed by atoms with Gasteiger partial charge in [-0.05, 0) is 6.42 Å². The Labute approximate surface area is 86.3 Å². The third-order valence-corrected chi connectivity index (χ3v) is 2.39. The predicted molar refractivity (Wildman–Crippen MR) is 55.8 cm³/mol. The maximum absolute atomic E-state index is 11.0. The summed E-state index contributed by atoms with van der Waals surface area (Å²) in [7, 11) is 0. The highest BCUT2D eigenvalue weighted by Gasteiger charge is 2.33. The minimum Gasteiger partial charge on any atom is -0.383 e. The zero-order valence-electron chi connectivity index (χ0n) is 8.05. The van der Waals surface area contributed by atoms with Crippen LogP contribution in [0.4, 0.5) is 17.6 Å². The van der Waals surface area contributed by atoms with Crippen LogP contribution in [0.5, 0.6) is 0 Å². The SMILES string of the molecule is NC(=O)C1CCN1c1cc(N)nc(N)n1. The maximum atomic E-state index is 11.0. The standard InChI is InChI=1S/C8H12N6O/c9-5-3-6(13-8(11)12-5)14-2-1-4(14)7(10)15/h3-4H,1-2H2,(H2,10,15)(H4,9,11,12,13). The van der Waals surface area contributed by atoms with Gasteiger partial charge in [0.15, 0.2) is 0 Å². The molecule has 7 nitrogen and oxygen atoms in total. The van der Waals surface area contributed by atoms with Gasteiger partial charge >= 0.3 is 0 Å². The molecule has 1 atom stereocenters. The molecule has 0 aliphatic carbocycles. The van der Waals surface area contributed by atoms with E-state index >= 15 is 0 Å². The van der Waals surface area contributed by atoms with Crippen molar-refractivity contribution < 1.29 is 4.79 Å². The third kappa shape index (κ3) is 1.63. The summed E-state index contributed by atoms with van der Waals surface area (Å²) in [5, 5.41) is 0. The van der Waals surface area contributed by atoms with E-state index in [0.29, 0.717) is 5.82 Å². The number of nitrogens with zero attached hydrogens (tertiary/aromatic N) is 3. The van der Waals surface area contributed by atoms with Gasteiger partial charge in [-0.2, -0.15) is 9.97 Å². The molecule has 1 aromatic rings. The van der Waals surface area contributed by atoms with Gasteiger partial charge in [-0.1, -0.05) is 0 Å². The van der Waals surface area contributed by atoms with Crippen LogP contribution in [0.3, 0.4) is 0 Å². The van der Waals surface area contributed by atoms with Crippen LogP contribution in [0.15, 0.2) is 6.07 Å². The molecule has 2 rings (SSSR count). The zero-order chi connectivity index (χ0) is 11.0. The van der Waals surface area contributed by atoms with Crippen LogP contribution in [0.25, 0.3) is 0 Å². The van der Waals surface area contributed by atoms with E-state index in [1.54, 1.807) is 11.0 Å². The van der Waals surface area contributed by atoms with Gasteiger partial charge in [-0.3, -0.25) is 4.79 Å². The molecular formula is C8H12N6O. The molecule has 0 aromatic carbocycles. The first-order valence-electron chi connectivity index (χ1n) is 4.54. The Bertz CT molecular complexity index is 386. The molecule has 6 N–H and O–H groups in total. The van der Waals surface area contributed by atoms with E-state index in [4.69, 9.17) is 17.2 Å². The van der Waals surface area contributed by atoms with Crippen molar-refractivity contribution in [3.8, 4) is 0 Å². The second-order valence-electron chi connectivity index (χ2n) is 3.41. The van der Waals surface area contributed by atoms with Crippen molar-refractivity contribution in [2.24, 2.45) is 5.73 Å². The smallest absolute Gasteiger partial charge is 0.240 e. The highest BCUT2D eigenvalue weighted by atomic mass is 16.1. The van der Waals surface area contributed by atoms with Crippen molar-refractivity contribution in [2.75, 3.05) is 22.9 Å². The number of aromatic nitrogens is 2. The number of hydrogen-bond donors (Lipinski definition) is 3. The monoisotopic (exact) mass is 208 g/mol. The lowest BCUT2D eigenvalue weighted by atomic mass is 10.0. The highest BCUT2D eigenvalue weighted by molar-refractivity contribution is 5.85. The first-order valence-corrected chi connectivity index (χ1v) is 4.54. The fraction of sp³-hybridized carbons (Fsp3) is 0.375. The largest absolute Gasteiger partial charge is 0.383 e. The van der Waals surface area contributed by atoms with E-state index < -0.39 is 0 Å². The number of rotatable bonds is 2. The predicted octanol–water partition coefficient (Wildman–Crippen LogP) is -1.29. The number of carbonyl (C=O) groups is 1. The van der Waals surface area contributed by atoms with Crippen LogP contribution in [-0.2, 0) is 4.79 Å². The molecule has 1 saturated heterocycles. The molecule has 1 unspecified atom stereocenters. The van der Waals surface area contributed by atoms with Crippen molar-refractivity contribution in [3.05, 3.63) is 6.07 Å². The van der Waals surface area contributed by atoms with Gasteiger partial charge in [0, 0.05) is 12.6 Å². The van der Waals surface area contributed by atoms with Crippen LogP contribution in [-0.4, -0.2) is 28.5 Å². The van der Waals surface area contributed by atoms with Crippen LogP contribution in [0.1, 0.15) is 6.42 Å². The molecule has 1 aliphatic heterocycles. The van der Waals surface area contributed by atoms with Crippen LogP contribution < -0.4 is 22.1 Å². The van der Waals surface area contributed by atoms with Gasteiger partial charge in [0.25, 0.3) is 0 Å². The molecule has 15 heavy (non-hydrogen) atoms. The quantitative estimate of drug-likeness (QED) is 0.555. The summed E-state index contributed by atoms with van der Waals surface area (Å²) in [6, 6.07) is 1.27. The Morgan fingerprint density at radius 1 is 1.47 bits per heavy atom. The molecule has 7 heteroatoms. The summed E-state index contributed by atoms with van der Waals surface area (Å²) in [5.41, 5.74) is 16.2. The minimum absolute atomic E-state index is 0.0973. The van der Waals surface area contributed by atoms with Gasteiger partial charge in [0.05, 0.1) is 0 Å². The molecule has 0 bridgehead atoms. The fourth-order valence-corrected chi connectivity index (χ4v) is 1.58. The topological polar surface area (TPSA) is 124 Å². The molecular weight excluding hydrogens is 196 g/mol. The molecule has 1 aliphatic rings. The number of nitrogens with two attached hydrogens (primary N) is 3. The summed E-state index contributed by atoms with van der Waals surface area (Å²) in [6.45, 7) is 0.726. The number of carbonyl (C=O) groups excluding carboxylic acids is 1. The van der Waals surface area contributed by atoms with E-state index in [1.807, 2.05) is 0 Å². The van der Waals surface area contributed by atoms with E-state index in [2.05, 4.69) is 9.97 Å². The Morgan fingerprint density at radius 3 is 2.67 bits per heavy atom. The summed E-state index contributed by atoms with van der Waals surface area (Å²) in [4.78, 5) is 20.5. The summed E-state index contributed by atoms with van der Waals surface area (Å²) < 4.78 is 0. The Morgan fingerprint density at radius 2 is 2.20 bits per heavy atom. The van der Waals surface area contributed by atoms with E-state index in [9.17, 15) is 4.79 Å². The number of anilines is 3. The average molecular weight is 208 g/mol. The third-order valence-electron chi connectivity index (χ3n) is 2.39. The van der Waals surface area contributed by atoms with Crippen LogP contribution >= 0.6 is 0 Å². The number of nitrogen functional groups attached to an aromatic ring is 2. The fourth-order valence-electron chi connectivity index (χ4n) is 1.58. The van der Waals surface area contributed by atoms with Gasteiger partial charge in [0.1, 0.15) is 17.7 Å². The molecule has 1 fully saturated rings. The van der Waals surface area contributed by atoms with Crippen molar-refractivity contribution in [3.63, 3.8) is 0 Å². The van der Waals surface area contributed by atoms with Gasteiger partial charge in [-0.25, -0.2) is 0 Å². The molecule has 2 heterocycles. The van der Waals surface area contributed by atoms with Crippen molar-refractivity contribution in [2.45, 2.75) is 12.5 Å². The summed E-state index contributed by atoms with van der Waals surface area (Å²) >= 11 is 0. The first kappa shape index (κ1) is 9.50. The van der Waals surface area contributed by atoms with E-state index in [1.165, 1.54) is 0 Å². The van der Waals surface area contributed by atoms with E-state index in [0.717, 1.165) is 13.0 Å². The summed E-state index contributed by atoms with van der Waals surface area (Å²) in [5.74, 6) is 0.569. The lowest BCUT2D eigenvalue weighted by Gasteiger charge is -2.39. The normalized spacial score (nSPS) is 19.7. The molecule has 0 radical (unpaired) electrons. The maximum Gasteiger partial charge on any atom is 0.240 e.